The van der Waals surface area contributed by atoms with Gasteiger partial charge in [0.1, 0.15) is 0 Å². The molecule has 2 saturated heterocycles. The van der Waals surface area contributed by atoms with Gasteiger partial charge >= 0.3 is 0 Å². The lowest BCUT2D eigenvalue weighted by atomic mass is 9.90. The van der Waals surface area contributed by atoms with Crippen molar-refractivity contribution in [1.82, 2.24) is 19.7 Å². The number of hydrogen-bond acceptors (Lipinski definition) is 3. The largest absolute Gasteiger partial charge is 0.361 e. The highest BCUT2D eigenvalue weighted by molar-refractivity contribution is 6.42. The summed E-state index contributed by atoms with van der Waals surface area (Å²) in [5.74, 6) is 0.293. The third-order valence-corrected chi connectivity index (χ3v) is 8.35. The van der Waals surface area contributed by atoms with Crippen LogP contribution in [0.3, 0.4) is 0 Å². The zero-order chi connectivity index (χ0) is 25.4. The van der Waals surface area contributed by atoms with Crippen LogP contribution in [0.15, 0.2) is 42.6 Å². The maximum atomic E-state index is 13.2. The molecule has 3 aromatic rings. The number of piperidine rings is 1. The molecule has 2 amide bonds. The highest BCUT2D eigenvalue weighted by atomic mass is 35.5. The number of aromatic amines is 1. The first-order valence-electron chi connectivity index (χ1n) is 12.7. The van der Waals surface area contributed by atoms with Crippen molar-refractivity contribution in [2.45, 2.75) is 38.6 Å². The number of aromatic nitrogens is 1. The van der Waals surface area contributed by atoms with Crippen molar-refractivity contribution in [1.29, 1.82) is 0 Å². The van der Waals surface area contributed by atoms with E-state index in [2.05, 4.69) is 29.8 Å². The second-order valence-electron chi connectivity index (χ2n) is 10.1. The molecule has 190 valence electrons. The molecule has 8 heteroatoms. The summed E-state index contributed by atoms with van der Waals surface area (Å²) in [6.45, 7) is 9.11. The van der Waals surface area contributed by atoms with Crippen LogP contribution in [0.1, 0.15) is 58.9 Å². The summed E-state index contributed by atoms with van der Waals surface area (Å²) < 4.78 is 0. The van der Waals surface area contributed by atoms with Crippen LogP contribution >= 0.6 is 23.2 Å². The van der Waals surface area contributed by atoms with Crippen molar-refractivity contribution in [3.8, 4) is 0 Å². The minimum atomic E-state index is -0.0245. The summed E-state index contributed by atoms with van der Waals surface area (Å²) >= 11 is 12.2. The van der Waals surface area contributed by atoms with Gasteiger partial charge in [-0.05, 0) is 62.6 Å². The van der Waals surface area contributed by atoms with Crippen LogP contribution < -0.4 is 0 Å². The third-order valence-electron chi connectivity index (χ3n) is 7.61. The Morgan fingerprint density at radius 2 is 1.58 bits per heavy atom. The van der Waals surface area contributed by atoms with Crippen LogP contribution in [0.2, 0.25) is 10.0 Å². The topological polar surface area (TPSA) is 59.6 Å². The van der Waals surface area contributed by atoms with Crippen LogP contribution in [0.4, 0.5) is 0 Å². The van der Waals surface area contributed by atoms with E-state index in [1.54, 1.807) is 18.2 Å². The molecule has 6 nitrogen and oxygen atoms in total. The number of piperazine rings is 1. The fraction of sp³-hybridized carbons (Fsp3) is 0.429. The predicted molar refractivity (Wildman–Crippen MR) is 145 cm³/mol. The Hall–Kier alpha value is -2.54. The fourth-order valence-electron chi connectivity index (χ4n) is 5.47. The Labute approximate surface area is 222 Å². The SMILES string of the molecule is CC(C)N1CCN(C(=O)c2ccc3c(C4CCCN(C(=O)c5ccc(Cl)c(Cl)c5)C4)c[nH]c3c2)CC1. The monoisotopic (exact) mass is 526 g/mol. The van der Waals surface area contributed by atoms with Gasteiger partial charge in [0.2, 0.25) is 0 Å². The van der Waals surface area contributed by atoms with E-state index < -0.39 is 0 Å². The molecule has 1 unspecified atom stereocenters. The van der Waals surface area contributed by atoms with Crippen molar-refractivity contribution in [3.63, 3.8) is 0 Å². The summed E-state index contributed by atoms with van der Waals surface area (Å²) in [5, 5.41) is 1.95. The Bertz CT molecular complexity index is 1280. The zero-order valence-corrected chi connectivity index (χ0v) is 22.3. The van der Waals surface area contributed by atoms with Gasteiger partial charge in [0, 0.05) is 79.5 Å². The van der Waals surface area contributed by atoms with Gasteiger partial charge in [-0.2, -0.15) is 0 Å². The molecular formula is C28H32Cl2N4O2. The number of likely N-dealkylation sites (tertiary alicyclic amines) is 1. The number of rotatable bonds is 4. The molecule has 2 aromatic carbocycles. The molecule has 2 aliphatic heterocycles. The Kier molecular flexibility index (Phi) is 7.29. The first kappa shape index (κ1) is 25.1. The molecular weight excluding hydrogens is 495 g/mol. The number of hydrogen-bond donors (Lipinski definition) is 1. The molecule has 3 heterocycles. The Morgan fingerprint density at radius 3 is 2.31 bits per heavy atom. The summed E-state index contributed by atoms with van der Waals surface area (Å²) in [6.07, 6.45) is 3.99. The molecule has 0 radical (unpaired) electrons. The number of nitrogens with zero attached hydrogens (tertiary/aromatic N) is 3. The van der Waals surface area contributed by atoms with Crippen LogP contribution in [-0.2, 0) is 0 Å². The number of nitrogens with one attached hydrogen (secondary N) is 1. The third kappa shape index (κ3) is 4.99. The standard InChI is InChI=1S/C28H32Cl2N4O2/c1-18(2)32-10-12-33(13-11-32)27(35)20-5-7-22-23(16-31-26(22)15-20)21-4-3-9-34(17-21)28(36)19-6-8-24(29)25(30)14-19/h5-8,14-16,18,21,31H,3-4,9-13,17H2,1-2H3. The average Bonchev–Trinajstić information content (AvgIpc) is 3.33. The van der Waals surface area contributed by atoms with E-state index in [4.69, 9.17) is 23.2 Å². The first-order valence-corrected chi connectivity index (χ1v) is 13.5. The molecule has 1 atom stereocenters. The lowest BCUT2D eigenvalue weighted by molar-refractivity contribution is 0.0595. The van der Waals surface area contributed by atoms with E-state index in [0.29, 0.717) is 33.8 Å². The minimum absolute atomic E-state index is 0.0245. The van der Waals surface area contributed by atoms with Crippen molar-refractivity contribution >= 4 is 45.9 Å². The molecule has 0 spiro atoms. The van der Waals surface area contributed by atoms with Gasteiger partial charge in [-0.15, -0.1) is 0 Å². The molecule has 36 heavy (non-hydrogen) atoms. The van der Waals surface area contributed by atoms with Gasteiger partial charge in [0.15, 0.2) is 0 Å². The number of benzene rings is 2. The number of halogens is 2. The fourth-order valence-corrected chi connectivity index (χ4v) is 5.77. The van der Waals surface area contributed by atoms with E-state index in [9.17, 15) is 9.59 Å². The van der Waals surface area contributed by atoms with Gasteiger partial charge < -0.3 is 14.8 Å². The van der Waals surface area contributed by atoms with Crippen molar-refractivity contribution in [2.24, 2.45) is 0 Å². The number of fused-ring (bicyclic) bond motifs is 1. The number of carbonyl (C=O) groups is 2. The molecule has 1 N–H and O–H groups in total. The molecule has 2 fully saturated rings. The van der Waals surface area contributed by atoms with E-state index in [1.165, 1.54) is 5.56 Å². The lowest BCUT2D eigenvalue weighted by Gasteiger charge is -2.37. The van der Waals surface area contributed by atoms with Crippen LogP contribution in [0.5, 0.6) is 0 Å². The summed E-state index contributed by atoms with van der Waals surface area (Å²) in [5.41, 5.74) is 3.43. The summed E-state index contributed by atoms with van der Waals surface area (Å²) in [7, 11) is 0. The summed E-state index contributed by atoms with van der Waals surface area (Å²) in [6, 6.07) is 11.5. The van der Waals surface area contributed by atoms with Crippen LogP contribution in [0.25, 0.3) is 10.9 Å². The smallest absolute Gasteiger partial charge is 0.254 e. The molecule has 0 bridgehead atoms. The van der Waals surface area contributed by atoms with Gasteiger partial charge in [0.25, 0.3) is 11.8 Å². The van der Waals surface area contributed by atoms with Crippen LogP contribution in [-0.4, -0.2) is 76.8 Å². The van der Waals surface area contributed by atoms with E-state index in [1.807, 2.05) is 28.1 Å². The maximum Gasteiger partial charge on any atom is 0.254 e. The van der Waals surface area contributed by atoms with Gasteiger partial charge in [-0.3, -0.25) is 14.5 Å². The predicted octanol–water partition coefficient (Wildman–Crippen LogP) is 5.66. The molecule has 5 rings (SSSR count). The van der Waals surface area contributed by atoms with Gasteiger partial charge in [-0.25, -0.2) is 0 Å². The van der Waals surface area contributed by atoms with Crippen molar-refractivity contribution in [2.75, 3.05) is 39.3 Å². The second-order valence-corrected chi connectivity index (χ2v) is 11.0. The zero-order valence-electron chi connectivity index (χ0n) is 20.8. The summed E-state index contributed by atoms with van der Waals surface area (Å²) in [4.78, 5) is 35.9. The first-order chi connectivity index (χ1) is 17.3. The molecule has 1 aromatic heterocycles. The van der Waals surface area contributed by atoms with E-state index in [0.717, 1.165) is 56.5 Å². The van der Waals surface area contributed by atoms with Gasteiger partial charge in [0.05, 0.1) is 10.0 Å². The van der Waals surface area contributed by atoms with Gasteiger partial charge in [-0.1, -0.05) is 29.3 Å². The van der Waals surface area contributed by atoms with E-state index >= 15 is 0 Å². The quantitative estimate of drug-likeness (QED) is 0.477. The highest BCUT2D eigenvalue weighted by Crippen LogP contribution is 2.34. The lowest BCUT2D eigenvalue weighted by Crippen LogP contribution is -2.50. The molecule has 0 aliphatic carbocycles. The Morgan fingerprint density at radius 1 is 0.889 bits per heavy atom. The van der Waals surface area contributed by atoms with Crippen molar-refractivity contribution < 1.29 is 9.59 Å². The maximum absolute atomic E-state index is 13.2. The minimum Gasteiger partial charge on any atom is -0.361 e. The highest BCUT2D eigenvalue weighted by Gasteiger charge is 2.28. The molecule has 0 saturated carbocycles. The molecule has 2 aliphatic rings. The Balaban J connectivity index is 1.30. The van der Waals surface area contributed by atoms with Crippen molar-refractivity contribution in [3.05, 3.63) is 69.3 Å². The van der Waals surface area contributed by atoms with E-state index in [-0.39, 0.29) is 17.7 Å². The normalized spacial score (nSPS) is 19.3. The number of amides is 2. The second kappa shape index (κ2) is 10.4. The number of H-pyrrole nitrogens is 1. The number of carbonyl (C=O) groups excluding carboxylic acids is 2. The average molecular weight is 527 g/mol. The van der Waals surface area contributed by atoms with Crippen LogP contribution in [0, 0.1) is 0 Å².